The molecule has 0 saturated carbocycles. The summed E-state index contributed by atoms with van der Waals surface area (Å²) in [4.78, 5) is 14.7. The van der Waals surface area contributed by atoms with Crippen molar-refractivity contribution < 1.29 is 9.90 Å². The van der Waals surface area contributed by atoms with E-state index in [9.17, 15) is 4.79 Å². The average Bonchev–Trinajstić information content (AvgIpc) is 2.32. The van der Waals surface area contributed by atoms with Gasteiger partial charge in [-0.2, -0.15) is 0 Å². The van der Waals surface area contributed by atoms with Crippen LogP contribution in [0, 0.1) is 0 Å². The molecular formula is C13H12N2O2. The maximum absolute atomic E-state index is 10.8. The number of hydrogen-bond donors (Lipinski definition) is 2. The summed E-state index contributed by atoms with van der Waals surface area (Å²) in [5.74, 6) is -0.494. The molecule has 0 bridgehead atoms. The Morgan fingerprint density at radius 2 is 2.00 bits per heavy atom. The Labute approximate surface area is 98.7 Å². The first-order valence-electron chi connectivity index (χ1n) is 5.18. The molecule has 0 amide bonds. The van der Waals surface area contributed by atoms with Gasteiger partial charge >= 0.3 is 5.97 Å². The van der Waals surface area contributed by atoms with Crippen molar-refractivity contribution in [3.05, 3.63) is 48.2 Å². The fraction of sp³-hybridized carbons (Fsp3) is 0.0769. The third-order valence-electron chi connectivity index (χ3n) is 2.43. The molecule has 4 nitrogen and oxygen atoms in total. The van der Waals surface area contributed by atoms with E-state index in [0.29, 0.717) is 11.4 Å². The van der Waals surface area contributed by atoms with E-state index in [-0.39, 0.29) is 6.42 Å². The lowest BCUT2D eigenvalue weighted by Crippen LogP contribution is -2.03. The molecule has 1 aromatic carbocycles. The number of aliphatic carboxylic acids is 1. The van der Waals surface area contributed by atoms with Crippen LogP contribution < -0.4 is 5.73 Å². The highest BCUT2D eigenvalue weighted by molar-refractivity contribution is 5.77. The molecule has 0 radical (unpaired) electrons. The summed E-state index contributed by atoms with van der Waals surface area (Å²) < 4.78 is 0. The number of rotatable bonds is 3. The minimum Gasteiger partial charge on any atom is -0.481 e. The third-order valence-corrected chi connectivity index (χ3v) is 2.43. The smallest absolute Gasteiger partial charge is 0.307 e. The minimum atomic E-state index is -0.881. The molecule has 1 heterocycles. The van der Waals surface area contributed by atoms with Gasteiger partial charge in [0.15, 0.2) is 0 Å². The molecule has 0 saturated heterocycles. The summed E-state index contributed by atoms with van der Waals surface area (Å²) in [6.07, 6.45) is 1.46. The zero-order valence-corrected chi connectivity index (χ0v) is 9.13. The lowest BCUT2D eigenvalue weighted by atomic mass is 10.00. The second kappa shape index (κ2) is 4.65. The maximum Gasteiger partial charge on any atom is 0.307 e. The summed E-state index contributed by atoms with van der Waals surface area (Å²) in [6.45, 7) is 0. The van der Waals surface area contributed by atoms with Crippen LogP contribution in [0.2, 0.25) is 0 Å². The van der Waals surface area contributed by atoms with E-state index in [0.717, 1.165) is 11.1 Å². The maximum atomic E-state index is 10.8. The van der Waals surface area contributed by atoms with E-state index in [4.69, 9.17) is 10.8 Å². The highest BCUT2D eigenvalue weighted by atomic mass is 16.4. The number of pyridine rings is 1. The van der Waals surface area contributed by atoms with Crippen molar-refractivity contribution in [1.29, 1.82) is 0 Å². The first kappa shape index (κ1) is 11.1. The van der Waals surface area contributed by atoms with Gasteiger partial charge in [0.1, 0.15) is 5.82 Å². The number of nitrogens with two attached hydrogens (primary N) is 1. The SMILES string of the molecule is Nc1cc(-c2ccccc2)c(CC(=O)O)cn1. The normalized spacial score (nSPS) is 10.1. The van der Waals surface area contributed by atoms with Crippen molar-refractivity contribution in [3.63, 3.8) is 0 Å². The van der Waals surface area contributed by atoms with E-state index in [1.165, 1.54) is 6.20 Å². The number of carbonyl (C=O) groups is 1. The lowest BCUT2D eigenvalue weighted by molar-refractivity contribution is -0.136. The van der Waals surface area contributed by atoms with Crippen LogP contribution >= 0.6 is 0 Å². The van der Waals surface area contributed by atoms with E-state index in [1.807, 2.05) is 30.3 Å². The summed E-state index contributed by atoms with van der Waals surface area (Å²) in [7, 11) is 0. The second-order valence-corrected chi connectivity index (χ2v) is 3.70. The van der Waals surface area contributed by atoms with Gasteiger partial charge in [-0.25, -0.2) is 4.98 Å². The Morgan fingerprint density at radius 3 is 2.65 bits per heavy atom. The molecule has 0 aliphatic carbocycles. The van der Waals surface area contributed by atoms with Gasteiger partial charge in [-0.1, -0.05) is 30.3 Å². The van der Waals surface area contributed by atoms with Gasteiger partial charge in [-0.15, -0.1) is 0 Å². The Hall–Kier alpha value is -2.36. The molecule has 0 spiro atoms. The number of carboxylic acid groups (broad SMARTS) is 1. The molecule has 3 N–H and O–H groups in total. The number of carboxylic acids is 1. The van der Waals surface area contributed by atoms with E-state index >= 15 is 0 Å². The van der Waals surface area contributed by atoms with Crippen LogP contribution in [0.1, 0.15) is 5.56 Å². The van der Waals surface area contributed by atoms with Crippen LogP contribution in [-0.2, 0) is 11.2 Å². The molecular weight excluding hydrogens is 216 g/mol. The van der Waals surface area contributed by atoms with Crippen molar-refractivity contribution in [3.8, 4) is 11.1 Å². The quantitative estimate of drug-likeness (QED) is 0.841. The minimum absolute atomic E-state index is 0.0580. The lowest BCUT2D eigenvalue weighted by Gasteiger charge is -2.08. The van der Waals surface area contributed by atoms with Gasteiger partial charge in [0.2, 0.25) is 0 Å². The molecule has 1 aromatic heterocycles. The van der Waals surface area contributed by atoms with Crippen molar-refractivity contribution in [1.82, 2.24) is 4.98 Å². The average molecular weight is 228 g/mol. The largest absolute Gasteiger partial charge is 0.481 e. The molecule has 17 heavy (non-hydrogen) atoms. The predicted molar refractivity (Wildman–Crippen MR) is 65.4 cm³/mol. The molecule has 0 aliphatic rings. The Kier molecular flexibility index (Phi) is 3.05. The van der Waals surface area contributed by atoms with Gasteiger partial charge in [0, 0.05) is 6.20 Å². The van der Waals surface area contributed by atoms with E-state index in [1.54, 1.807) is 6.07 Å². The fourth-order valence-corrected chi connectivity index (χ4v) is 1.69. The predicted octanol–water partition coefficient (Wildman–Crippen LogP) is 1.96. The number of aromatic nitrogens is 1. The first-order valence-corrected chi connectivity index (χ1v) is 5.18. The molecule has 0 fully saturated rings. The van der Waals surface area contributed by atoms with Gasteiger partial charge in [0.05, 0.1) is 6.42 Å². The number of nitrogens with zero attached hydrogens (tertiary/aromatic N) is 1. The zero-order valence-electron chi connectivity index (χ0n) is 9.13. The van der Waals surface area contributed by atoms with Crippen LogP contribution in [0.4, 0.5) is 5.82 Å². The van der Waals surface area contributed by atoms with Crippen molar-refractivity contribution >= 4 is 11.8 Å². The standard InChI is InChI=1S/C13H12N2O2/c14-12-7-11(9-4-2-1-3-5-9)10(8-15-12)6-13(16)17/h1-5,7-8H,6H2,(H2,14,15)(H,16,17). The fourth-order valence-electron chi connectivity index (χ4n) is 1.69. The van der Waals surface area contributed by atoms with E-state index in [2.05, 4.69) is 4.98 Å². The number of hydrogen-bond acceptors (Lipinski definition) is 3. The van der Waals surface area contributed by atoms with Crippen LogP contribution in [-0.4, -0.2) is 16.1 Å². The second-order valence-electron chi connectivity index (χ2n) is 3.70. The molecule has 0 unspecified atom stereocenters. The van der Waals surface area contributed by atoms with Crippen molar-refractivity contribution in [2.75, 3.05) is 5.73 Å². The molecule has 2 rings (SSSR count). The van der Waals surface area contributed by atoms with Gasteiger partial charge in [0.25, 0.3) is 0 Å². The first-order chi connectivity index (χ1) is 8.16. The van der Waals surface area contributed by atoms with Crippen LogP contribution in [0.5, 0.6) is 0 Å². The van der Waals surface area contributed by atoms with Crippen molar-refractivity contribution in [2.24, 2.45) is 0 Å². The summed E-state index contributed by atoms with van der Waals surface area (Å²) >= 11 is 0. The Morgan fingerprint density at radius 1 is 1.29 bits per heavy atom. The summed E-state index contributed by atoms with van der Waals surface area (Å²) in [5, 5.41) is 8.85. The number of nitrogen functional groups attached to an aromatic ring is 1. The topological polar surface area (TPSA) is 76.2 Å². The molecule has 0 aliphatic heterocycles. The Bertz CT molecular complexity index is 538. The summed E-state index contributed by atoms with van der Waals surface area (Å²) in [6, 6.07) is 11.2. The summed E-state index contributed by atoms with van der Waals surface area (Å²) in [5.41, 5.74) is 8.06. The third kappa shape index (κ3) is 2.60. The van der Waals surface area contributed by atoms with Crippen molar-refractivity contribution in [2.45, 2.75) is 6.42 Å². The van der Waals surface area contributed by atoms with Crippen LogP contribution in [0.3, 0.4) is 0 Å². The van der Waals surface area contributed by atoms with Gasteiger partial charge in [-0.05, 0) is 22.8 Å². The zero-order chi connectivity index (χ0) is 12.3. The number of anilines is 1. The molecule has 0 atom stereocenters. The molecule has 86 valence electrons. The molecule has 4 heteroatoms. The molecule has 2 aromatic rings. The highest BCUT2D eigenvalue weighted by Crippen LogP contribution is 2.24. The van der Waals surface area contributed by atoms with E-state index < -0.39 is 5.97 Å². The van der Waals surface area contributed by atoms with Crippen LogP contribution in [0.15, 0.2) is 42.6 Å². The van der Waals surface area contributed by atoms with Gasteiger partial charge in [-0.3, -0.25) is 4.79 Å². The monoisotopic (exact) mass is 228 g/mol. The van der Waals surface area contributed by atoms with Gasteiger partial charge < -0.3 is 10.8 Å². The number of benzene rings is 1. The Balaban J connectivity index is 2.51. The highest BCUT2D eigenvalue weighted by Gasteiger charge is 2.09. The van der Waals surface area contributed by atoms with Crippen LogP contribution in [0.25, 0.3) is 11.1 Å².